The standard InChI is InChI=1S/C12H15ClN2O3/c1-3-7(2)10(12(17)18)15-11(16)9-6-8(13)4-5-14-9/h4-7,10H,3H2,1-2H3,(H,15,16)(H,17,18)/t7?,10-/m0/s1. The summed E-state index contributed by atoms with van der Waals surface area (Å²) in [6.07, 6.45) is 2.05. The van der Waals surface area contributed by atoms with Crippen LogP contribution in [0.1, 0.15) is 30.8 Å². The lowest BCUT2D eigenvalue weighted by Crippen LogP contribution is -2.45. The second kappa shape index (κ2) is 6.35. The van der Waals surface area contributed by atoms with Crippen molar-refractivity contribution in [2.75, 3.05) is 0 Å². The molecule has 0 saturated carbocycles. The Hall–Kier alpha value is -1.62. The van der Waals surface area contributed by atoms with Crippen LogP contribution < -0.4 is 5.32 Å². The van der Waals surface area contributed by atoms with Crippen LogP contribution in [0.4, 0.5) is 0 Å². The molecule has 0 fully saturated rings. The lowest BCUT2D eigenvalue weighted by atomic mass is 9.99. The first-order valence-electron chi connectivity index (χ1n) is 5.61. The third kappa shape index (κ3) is 3.70. The molecule has 5 nitrogen and oxygen atoms in total. The predicted molar refractivity (Wildman–Crippen MR) is 67.6 cm³/mol. The number of hydrogen-bond acceptors (Lipinski definition) is 3. The summed E-state index contributed by atoms with van der Waals surface area (Å²) in [7, 11) is 0. The Kier molecular flexibility index (Phi) is 5.09. The topological polar surface area (TPSA) is 79.3 Å². The van der Waals surface area contributed by atoms with E-state index in [0.717, 1.165) is 0 Å². The molecule has 2 N–H and O–H groups in total. The van der Waals surface area contributed by atoms with Crippen LogP contribution >= 0.6 is 11.6 Å². The van der Waals surface area contributed by atoms with E-state index in [-0.39, 0.29) is 11.6 Å². The normalized spacial score (nSPS) is 13.7. The van der Waals surface area contributed by atoms with Gasteiger partial charge in [0.05, 0.1) is 0 Å². The van der Waals surface area contributed by atoms with Gasteiger partial charge in [-0.1, -0.05) is 31.9 Å². The SMILES string of the molecule is CCC(C)[C@H](NC(=O)c1cc(Cl)ccn1)C(=O)O. The highest BCUT2D eigenvalue weighted by molar-refractivity contribution is 6.30. The van der Waals surface area contributed by atoms with Crippen molar-refractivity contribution in [2.45, 2.75) is 26.3 Å². The van der Waals surface area contributed by atoms with Crippen LogP contribution in [0.25, 0.3) is 0 Å². The number of carbonyl (C=O) groups excluding carboxylic acids is 1. The Balaban J connectivity index is 2.82. The first kappa shape index (κ1) is 14.4. The highest BCUT2D eigenvalue weighted by atomic mass is 35.5. The molecule has 0 radical (unpaired) electrons. The van der Waals surface area contributed by atoms with Gasteiger partial charge < -0.3 is 10.4 Å². The average Bonchev–Trinajstić information content (AvgIpc) is 2.34. The molecule has 0 saturated heterocycles. The van der Waals surface area contributed by atoms with Crippen molar-refractivity contribution >= 4 is 23.5 Å². The number of carboxylic acids is 1. The number of rotatable bonds is 5. The zero-order valence-corrected chi connectivity index (χ0v) is 10.9. The predicted octanol–water partition coefficient (Wildman–Crippen LogP) is 1.96. The summed E-state index contributed by atoms with van der Waals surface area (Å²) in [6, 6.07) is 2.01. The van der Waals surface area contributed by atoms with Crippen LogP contribution in [-0.2, 0) is 4.79 Å². The zero-order chi connectivity index (χ0) is 13.7. The van der Waals surface area contributed by atoms with E-state index in [4.69, 9.17) is 16.7 Å². The van der Waals surface area contributed by atoms with Gasteiger partial charge in [0.25, 0.3) is 5.91 Å². The van der Waals surface area contributed by atoms with Crippen LogP contribution in [0.3, 0.4) is 0 Å². The van der Waals surface area contributed by atoms with Gasteiger partial charge in [-0.2, -0.15) is 0 Å². The molecule has 0 aromatic carbocycles. The van der Waals surface area contributed by atoms with Crippen molar-refractivity contribution in [3.63, 3.8) is 0 Å². The van der Waals surface area contributed by atoms with Gasteiger partial charge in [-0.05, 0) is 18.1 Å². The molecule has 6 heteroatoms. The van der Waals surface area contributed by atoms with E-state index in [1.807, 2.05) is 6.92 Å². The van der Waals surface area contributed by atoms with Crippen LogP contribution in [0.2, 0.25) is 5.02 Å². The Bertz CT molecular complexity index is 451. The van der Waals surface area contributed by atoms with Crippen molar-refractivity contribution < 1.29 is 14.7 Å². The van der Waals surface area contributed by atoms with Crippen molar-refractivity contribution in [3.05, 3.63) is 29.0 Å². The smallest absolute Gasteiger partial charge is 0.326 e. The van der Waals surface area contributed by atoms with Crippen LogP contribution in [0.5, 0.6) is 0 Å². The maximum Gasteiger partial charge on any atom is 0.326 e. The number of aliphatic carboxylic acids is 1. The fourth-order valence-electron chi connectivity index (χ4n) is 1.43. The van der Waals surface area contributed by atoms with Gasteiger partial charge in [0.1, 0.15) is 11.7 Å². The number of hydrogen-bond donors (Lipinski definition) is 2. The third-order valence-corrected chi connectivity index (χ3v) is 2.96. The van der Waals surface area contributed by atoms with Gasteiger partial charge in [-0.15, -0.1) is 0 Å². The molecule has 0 aliphatic carbocycles. The first-order chi connectivity index (χ1) is 8.45. The summed E-state index contributed by atoms with van der Waals surface area (Å²) in [6.45, 7) is 3.63. The Morgan fingerprint density at radius 3 is 2.72 bits per heavy atom. The van der Waals surface area contributed by atoms with Crippen LogP contribution in [0.15, 0.2) is 18.3 Å². The molecule has 0 aliphatic heterocycles. The molecule has 1 heterocycles. The largest absolute Gasteiger partial charge is 0.480 e. The van der Waals surface area contributed by atoms with Gasteiger partial charge in [0, 0.05) is 11.2 Å². The minimum absolute atomic E-state index is 0.108. The van der Waals surface area contributed by atoms with Gasteiger partial charge in [-0.25, -0.2) is 4.79 Å². The maximum atomic E-state index is 11.8. The minimum atomic E-state index is -1.06. The van der Waals surface area contributed by atoms with E-state index in [1.165, 1.54) is 12.3 Å². The second-order valence-corrected chi connectivity index (χ2v) is 4.47. The molecule has 18 heavy (non-hydrogen) atoms. The minimum Gasteiger partial charge on any atom is -0.480 e. The number of carboxylic acid groups (broad SMARTS) is 1. The Morgan fingerprint density at radius 1 is 1.56 bits per heavy atom. The highest BCUT2D eigenvalue weighted by Crippen LogP contribution is 2.11. The van der Waals surface area contributed by atoms with Crippen molar-refractivity contribution in [2.24, 2.45) is 5.92 Å². The lowest BCUT2D eigenvalue weighted by Gasteiger charge is -2.19. The monoisotopic (exact) mass is 270 g/mol. The number of carbonyl (C=O) groups is 2. The third-order valence-electron chi connectivity index (χ3n) is 2.72. The Morgan fingerprint density at radius 2 is 2.22 bits per heavy atom. The van der Waals surface area contributed by atoms with Crippen molar-refractivity contribution in [1.29, 1.82) is 0 Å². The molecule has 1 amide bonds. The number of pyridine rings is 1. The molecule has 0 spiro atoms. The quantitative estimate of drug-likeness (QED) is 0.857. The molecular formula is C12H15ClN2O3. The van der Waals surface area contributed by atoms with E-state index >= 15 is 0 Å². The molecule has 0 aliphatic rings. The van der Waals surface area contributed by atoms with E-state index in [9.17, 15) is 9.59 Å². The van der Waals surface area contributed by atoms with E-state index < -0.39 is 17.9 Å². The molecule has 0 bridgehead atoms. The van der Waals surface area contributed by atoms with Crippen molar-refractivity contribution in [3.8, 4) is 0 Å². The average molecular weight is 271 g/mol. The summed E-state index contributed by atoms with van der Waals surface area (Å²) >= 11 is 5.74. The number of aromatic nitrogens is 1. The van der Waals surface area contributed by atoms with Gasteiger partial charge in [0.2, 0.25) is 0 Å². The molecular weight excluding hydrogens is 256 g/mol. The van der Waals surface area contributed by atoms with Gasteiger partial charge in [-0.3, -0.25) is 9.78 Å². The highest BCUT2D eigenvalue weighted by Gasteiger charge is 2.26. The summed E-state index contributed by atoms with van der Waals surface area (Å²) in [5, 5.41) is 11.9. The number of halogens is 1. The molecule has 2 atom stereocenters. The summed E-state index contributed by atoms with van der Waals surface area (Å²) in [4.78, 5) is 26.8. The number of nitrogens with zero attached hydrogens (tertiary/aromatic N) is 1. The second-order valence-electron chi connectivity index (χ2n) is 4.03. The number of amides is 1. The summed E-state index contributed by atoms with van der Waals surface area (Å²) in [5.74, 6) is -1.75. The van der Waals surface area contributed by atoms with E-state index in [0.29, 0.717) is 11.4 Å². The van der Waals surface area contributed by atoms with Gasteiger partial charge >= 0.3 is 5.97 Å². The fraction of sp³-hybridized carbons (Fsp3) is 0.417. The number of nitrogens with one attached hydrogen (secondary N) is 1. The molecule has 1 aromatic heterocycles. The zero-order valence-electron chi connectivity index (χ0n) is 10.2. The fourth-order valence-corrected chi connectivity index (χ4v) is 1.59. The summed E-state index contributed by atoms with van der Waals surface area (Å²) < 4.78 is 0. The van der Waals surface area contributed by atoms with Gasteiger partial charge in [0.15, 0.2) is 0 Å². The molecule has 1 aromatic rings. The Labute approximate surface area is 110 Å². The van der Waals surface area contributed by atoms with Crippen molar-refractivity contribution in [1.82, 2.24) is 10.3 Å². The molecule has 1 rings (SSSR count). The first-order valence-corrected chi connectivity index (χ1v) is 5.98. The molecule has 98 valence electrons. The summed E-state index contributed by atoms with van der Waals surface area (Å²) in [5.41, 5.74) is 0.108. The molecule has 1 unspecified atom stereocenters. The lowest BCUT2D eigenvalue weighted by molar-refractivity contribution is -0.140. The van der Waals surface area contributed by atoms with E-state index in [1.54, 1.807) is 13.0 Å². The maximum absolute atomic E-state index is 11.8. The van der Waals surface area contributed by atoms with E-state index in [2.05, 4.69) is 10.3 Å². The van der Waals surface area contributed by atoms with Crippen LogP contribution in [0, 0.1) is 5.92 Å². The van der Waals surface area contributed by atoms with Crippen LogP contribution in [-0.4, -0.2) is 28.0 Å².